The summed E-state index contributed by atoms with van der Waals surface area (Å²) in [5, 5.41) is 0. The van der Waals surface area contributed by atoms with E-state index in [0.717, 1.165) is 0 Å². The molecule has 20 heavy (non-hydrogen) atoms. The third kappa shape index (κ3) is 4.76. The van der Waals surface area contributed by atoms with Gasteiger partial charge < -0.3 is 13.9 Å². The first-order valence-electron chi connectivity index (χ1n) is 6.36. The molecule has 5 heteroatoms. The Morgan fingerprint density at radius 1 is 1.20 bits per heavy atom. The van der Waals surface area contributed by atoms with Gasteiger partial charge in [-0.3, -0.25) is 0 Å². The summed E-state index contributed by atoms with van der Waals surface area (Å²) in [7, 11) is 0. The number of hydrogen-bond acceptors (Lipinski definition) is 5. The fourth-order valence-corrected chi connectivity index (χ4v) is 1.49. The monoisotopic (exact) mass is 278 g/mol. The number of ether oxygens (including phenoxy) is 2. The van der Waals surface area contributed by atoms with Gasteiger partial charge in [-0.15, -0.1) is 0 Å². The molecule has 0 unspecified atom stereocenters. The van der Waals surface area contributed by atoms with Crippen molar-refractivity contribution in [1.82, 2.24) is 0 Å². The van der Waals surface area contributed by atoms with Crippen LogP contribution in [0.15, 0.2) is 40.0 Å². The van der Waals surface area contributed by atoms with Crippen molar-refractivity contribution >= 4 is 18.0 Å². The summed E-state index contributed by atoms with van der Waals surface area (Å²) < 4.78 is 14.9. The van der Waals surface area contributed by atoms with Gasteiger partial charge in [0.25, 0.3) is 0 Å². The molecule has 0 amide bonds. The van der Waals surface area contributed by atoms with Crippen LogP contribution in [-0.2, 0) is 19.1 Å². The molecule has 0 aliphatic heterocycles. The van der Waals surface area contributed by atoms with Crippen LogP contribution in [0, 0.1) is 0 Å². The molecule has 1 heterocycles. The minimum Gasteiger partial charge on any atom is -0.465 e. The molecule has 0 N–H and O–H groups in total. The van der Waals surface area contributed by atoms with E-state index in [1.807, 2.05) is 0 Å². The highest BCUT2D eigenvalue weighted by Crippen LogP contribution is 2.12. The Kier molecular flexibility index (Phi) is 6.29. The second-order valence-corrected chi connectivity index (χ2v) is 3.90. The SMILES string of the molecule is CCOC(=O)C(=CC(C)=Cc1ccco1)C(=O)OCC. The lowest BCUT2D eigenvalue weighted by molar-refractivity contribution is -0.146. The zero-order valence-corrected chi connectivity index (χ0v) is 11.8. The van der Waals surface area contributed by atoms with Gasteiger partial charge in [0, 0.05) is 0 Å². The van der Waals surface area contributed by atoms with E-state index < -0.39 is 11.9 Å². The predicted octanol–water partition coefficient (Wildman–Crippen LogP) is 2.74. The van der Waals surface area contributed by atoms with Crippen molar-refractivity contribution < 1.29 is 23.5 Å². The van der Waals surface area contributed by atoms with Gasteiger partial charge in [-0.2, -0.15) is 0 Å². The summed E-state index contributed by atoms with van der Waals surface area (Å²) in [6.07, 6.45) is 4.68. The lowest BCUT2D eigenvalue weighted by Gasteiger charge is -2.06. The molecule has 0 aliphatic rings. The average Bonchev–Trinajstić information content (AvgIpc) is 2.89. The molecule has 0 aliphatic carbocycles. The Hall–Kier alpha value is -2.30. The highest BCUT2D eigenvalue weighted by Gasteiger charge is 2.20. The maximum atomic E-state index is 11.8. The van der Waals surface area contributed by atoms with E-state index in [2.05, 4.69) is 0 Å². The van der Waals surface area contributed by atoms with Crippen LogP contribution in [0.4, 0.5) is 0 Å². The van der Waals surface area contributed by atoms with Crippen molar-refractivity contribution in [2.24, 2.45) is 0 Å². The van der Waals surface area contributed by atoms with Gasteiger partial charge in [0.05, 0.1) is 19.5 Å². The zero-order chi connectivity index (χ0) is 15.0. The van der Waals surface area contributed by atoms with Crippen molar-refractivity contribution in [2.75, 3.05) is 13.2 Å². The van der Waals surface area contributed by atoms with E-state index in [0.29, 0.717) is 11.3 Å². The second-order valence-electron chi connectivity index (χ2n) is 3.90. The smallest absolute Gasteiger partial charge is 0.345 e. The molecule has 0 spiro atoms. The predicted molar refractivity (Wildman–Crippen MR) is 73.7 cm³/mol. The third-order valence-corrected chi connectivity index (χ3v) is 2.28. The molecule has 1 rings (SSSR count). The van der Waals surface area contributed by atoms with Crippen molar-refractivity contribution in [1.29, 1.82) is 0 Å². The fourth-order valence-electron chi connectivity index (χ4n) is 1.49. The molecule has 0 bridgehead atoms. The Morgan fingerprint density at radius 3 is 2.25 bits per heavy atom. The molecule has 0 saturated carbocycles. The number of carbonyl (C=O) groups excluding carboxylic acids is 2. The van der Waals surface area contributed by atoms with Gasteiger partial charge in [0.15, 0.2) is 0 Å². The maximum absolute atomic E-state index is 11.8. The maximum Gasteiger partial charge on any atom is 0.345 e. The van der Waals surface area contributed by atoms with Crippen molar-refractivity contribution in [2.45, 2.75) is 20.8 Å². The topological polar surface area (TPSA) is 65.7 Å². The van der Waals surface area contributed by atoms with Crippen molar-refractivity contribution in [3.05, 3.63) is 41.4 Å². The minimum absolute atomic E-state index is 0.131. The lowest BCUT2D eigenvalue weighted by Crippen LogP contribution is -2.18. The normalized spacial score (nSPS) is 10.8. The standard InChI is InChI=1S/C15H18O5/c1-4-18-14(16)13(15(17)19-5-2)10-11(3)9-12-7-6-8-20-12/h6-10H,4-5H2,1-3H3. The molecule has 1 aromatic heterocycles. The Labute approximate surface area is 117 Å². The van der Waals surface area contributed by atoms with Gasteiger partial charge in [-0.25, -0.2) is 9.59 Å². The first-order chi connectivity index (χ1) is 9.58. The minimum atomic E-state index is -0.696. The van der Waals surface area contributed by atoms with Crippen LogP contribution >= 0.6 is 0 Å². The molecular weight excluding hydrogens is 260 g/mol. The van der Waals surface area contributed by atoms with E-state index in [9.17, 15) is 9.59 Å². The van der Waals surface area contributed by atoms with Crippen LogP contribution in [0.5, 0.6) is 0 Å². The zero-order valence-electron chi connectivity index (χ0n) is 11.8. The van der Waals surface area contributed by atoms with Crippen molar-refractivity contribution in [3.8, 4) is 0 Å². The molecule has 0 aromatic carbocycles. The quantitative estimate of drug-likeness (QED) is 0.263. The molecule has 0 fully saturated rings. The molecule has 0 saturated heterocycles. The summed E-state index contributed by atoms with van der Waals surface area (Å²) in [5.41, 5.74) is 0.546. The lowest BCUT2D eigenvalue weighted by atomic mass is 10.1. The number of carbonyl (C=O) groups is 2. The van der Waals surface area contributed by atoms with Crippen LogP contribution in [0.2, 0.25) is 0 Å². The van der Waals surface area contributed by atoms with Gasteiger partial charge in [-0.1, -0.05) is 0 Å². The van der Waals surface area contributed by atoms with Gasteiger partial charge in [0.1, 0.15) is 11.3 Å². The van der Waals surface area contributed by atoms with Crippen LogP contribution < -0.4 is 0 Å². The van der Waals surface area contributed by atoms with Gasteiger partial charge in [-0.05, 0) is 50.6 Å². The summed E-state index contributed by atoms with van der Waals surface area (Å²) in [6, 6.07) is 3.52. The number of allylic oxidation sites excluding steroid dienone is 2. The van der Waals surface area contributed by atoms with Crippen LogP contribution in [0.3, 0.4) is 0 Å². The third-order valence-electron chi connectivity index (χ3n) is 2.28. The largest absolute Gasteiger partial charge is 0.465 e. The molecule has 108 valence electrons. The van der Waals surface area contributed by atoms with E-state index in [1.54, 1.807) is 45.2 Å². The fraction of sp³-hybridized carbons (Fsp3) is 0.333. The van der Waals surface area contributed by atoms with Gasteiger partial charge in [0.2, 0.25) is 0 Å². The van der Waals surface area contributed by atoms with E-state index in [-0.39, 0.29) is 18.8 Å². The Bertz CT molecular complexity index is 488. The number of esters is 2. The van der Waals surface area contributed by atoms with E-state index in [4.69, 9.17) is 13.9 Å². The van der Waals surface area contributed by atoms with E-state index >= 15 is 0 Å². The molecule has 0 atom stereocenters. The summed E-state index contributed by atoms with van der Waals surface area (Å²) >= 11 is 0. The molecular formula is C15H18O5. The second kappa shape index (κ2) is 7.99. The van der Waals surface area contributed by atoms with Crippen LogP contribution in [0.1, 0.15) is 26.5 Å². The van der Waals surface area contributed by atoms with Crippen LogP contribution in [0.25, 0.3) is 6.08 Å². The highest BCUT2D eigenvalue weighted by atomic mass is 16.6. The Balaban J connectivity index is 2.99. The summed E-state index contributed by atoms with van der Waals surface area (Å²) in [6.45, 7) is 5.48. The first kappa shape index (κ1) is 15.8. The summed E-state index contributed by atoms with van der Waals surface area (Å²) in [4.78, 5) is 23.5. The van der Waals surface area contributed by atoms with Crippen LogP contribution in [-0.4, -0.2) is 25.2 Å². The number of furan rings is 1. The summed E-state index contributed by atoms with van der Waals surface area (Å²) in [5.74, 6) is -0.762. The van der Waals surface area contributed by atoms with Crippen molar-refractivity contribution in [3.63, 3.8) is 0 Å². The molecule has 5 nitrogen and oxygen atoms in total. The van der Waals surface area contributed by atoms with E-state index in [1.165, 1.54) is 6.08 Å². The average molecular weight is 278 g/mol. The first-order valence-corrected chi connectivity index (χ1v) is 6.36. The molecule has 0 radical (unpaired) electrons. The number of hydrogen-bond donors (Lipinski definition) is 0. The highest BCUT2D eigenvalue weighted by molar-refractivity contribution is 6.14. The number of rotatable bonds is 6. The Morgan fingerprint density at radius 2 is 1.80 bits per heavy atom. The van der Waals surface area contributed by atoms with Gasteiger partial charge >= 0.3 is 11.9 Å². The molecule has 1 aromatic rings.